The number of hydrogen-bond donors (Lipinski definition) is 0. The van der Waals surface area contributed by atoms with E-state index in [1.165, 1.54) is 7.11 Å². The van der Waals surface area contributed by atoms with Crippen LogP contribution < -0.4 is 0 Å². The van der Waals surface area contributed by atoms with E-state index in [0.717, 1.165) is 21.8 Å². The molecule has 1 aromatic heterocycles. The Morgan fingerprint density at radius 2 is 2.05 bits per heavy atom. The summed E-state index contributed by atoms with van der Waals surface area (Å²) >= 11 is 3.55. The van der Waals surface area contributed by atoms with Crippen molar-refractivity contribution in [1.82, 2.24) is 4.57 Å². The van der Waals surface area contributed by atoms with Gasteiger partial charge in [0, 0.05) is 21.6 Å². The highest BCUT2D eigenvalue weighted by Crippen LogP contribution is 2.31. The number of fused-ring (bicyclic) bond motifs is 1. The number of carbonyl (C=O) groups excluding carboxylic acids is 1. The third kappa shape index (κ3) is 2.84. The van der Waals surface area contributed by atoms with Crippen LogP contribution in [0.3, 0.4) is 0 Å². The van der Waals surface area contributed by atoms with E-state index in [0.29, 0.717) is 5.92 Å². The molecule has 0 amide bonds. The van der Waals surface area contributed by atoms with Crippen LogP contribution in [-0.4, -0.2) is 17.6 Å². The van der Waals surface area contributed by atoms with Crippen molar-refractivity contribution in [2.24, 2.45) is 5.92 Å². The first kappa shape index (κ1) is 14.1. The Balaban J connectivity index is 2.52. The topological polar surface area (TPSA) is 31.2 Å². The van der Waals surface area contributed by atoms with Crippen molar-refractivity contribution in [3.05, 3.63) is 34.9 Å². The second-order valence-electron chi connectivity index (χ2n) is 5.07. The number of nitrogens with zero attached hydrogens (tertiary/aromatic N) is 1. The summed E-state index contributed by atoms with van der Waals surface area (Å²) in [5.41, 5.74) is 1.05. The lowest BCUT2D eigenvalue weighted by atomic mass is 10.0. The predicted octanol–water partition coefficient (Wildman–Crippen LogP) is 4.16. The number of ether oxygens (including phenoxy) is 1. The summed E-state index contributed by atoms with van der Waals surface area (Å²) < 4.78 is 7.96. The number of rotatable bonds is 4. The fraction of sp³-hybridized carbons (Fsp3) is 0.400. The maximum Gasteiger partial charge on any atom is 0.328 e. The fourth-order valence-corrected chi connectivity index (χ4v) is 2.88. The highest BCUT2D eigenvalue weighted by atomic mass is 79.9. The molecular formula is C15H18BrNO2. The summed E-state index contributed by atoms with van der Waals surface area (Å²) in [6.45, 7) is 4.22. The largest absolute Gasteiger partial charge is 0.467 e. The van der Waals surface area contributed by atoms with Crippen molar-refractivity contribution in [2.45, 2.75) is 26.3 Å². The Morgan fingerprint density at radius 3 is 2.68 bits per heavy atom. The Morgan fingerprint density at radius 1 is 1.37 bits per heavy atom. The standard InChI is InChI=1S/C15H18BrNO2/c1-10(2)8-14(15(18)19-3)17-9-12(16)11-6-4-5-7-13(11)17/h4-7,9-10,14H,8H2,1-3H3. The van der Waals surface area contributed by atoms with Gasteiger partial charge in [0.2, 0.25) is 0 Å². The van der Waals surface area contributed by atoms with Gasteiger partial charge in [-0.15, -0.1) is 0 Å². The molecule has 1 heterocycles. The van der Waals surface area contributed by atoms with Crippen LogP contribution in [0.4, 0.5) is 0 Å². The minimum Gasteiger partial charge on any atom is -0.467 e. The minimum absolute atomic E-state index is 0.193. The number of methoxy groups -OCH3 is 1. The Hall–Kier alpha value is -1.29. The Bertz CT molecular complexity index is 589. The zero-order valence-corrected chi connectivity index (χ0v) is 13.0. The smallest absolute Gasteiger partial charge is 0.328 e. The molecule has 0 aliphatic heterocycles. The predicted molar refractivity (Wildman–Crippen MR) is 80.1 cm³/mol. The van der Waals surface area contributed by atoms with E-state index in [-0.39, 0.29) is 12.0 Å². The highest BCUT2D eigenvalue weighted by Gasteiger charge is 2.24. The lowest BCUT2D eigenvalue weighted by Crippen LogP contribution is -2.22. The first-order valence-electron chi connectivity index (χ1n) is 6.37. The first-order valence-corrected chi connectivity index (χ1v) is 7.16. The lowest BCUT2D eigenvalue weighted by molar-refractivity contribution is -0.145. The molecule has 0 saturated heterocycles. The molecule has 0 N–H and O–H groups in total. The molecule has 1 aromatic carbocycles. The number of esters is 1. The summed E-state index contributed by atoms with van der Waals surface area (Å²) in [4.78, 5) is 12.0. The van der Waals surface area contributed by atoms with E-state index in [1.54, 1.807) is 0 Å². The average molecular weight is 324 g/mol. The molecular weight excluding hydrogens is 306 g/mol. The van der Waals surface area contributed by atoms with Gasteiger partial charge in [-0.1, -0.05) is 32.0 Å². The van der Waals surface area contributed by atoms with Crippen molar-refractivity contribution in [2.75, 3.05) is 7.11 Å². The van der Waals surface area contributed by atoms with E-state index in [9.17, 15) is 4.79 Å². The normalized spacial score (nSPS) is 12.9. The summed E-state index contributed by atoms with van der Waals surface area (Å²) in [7, 11) is 1.44. The third-order valence-corrected chi connectivity index (χ3v) is 3.83. The van der Waals surface area contributed by atoms with Crippen LogP contribution >= 0.6 is 15.9 Å². The molecule has 0 bridgehead atoms. The second-order valence-corrected chi connectivity index (χ2v) is 5.92. The number of benzene rings is 1. The SMILES string of the molecule is COC(=O)C(CC(C)C)n1cc(Br)c2ccccc21. The molecule has 0 aliphatic carbocycles. The fourth-order valence-electron chi connectivity index (χ4n) is 2.33. The molecule has 19 heavy (non-hydrogen) atoms. The quantitative estimate of drug-likeness (QED) is 0.791. The Kier molecular flexibility index (Phi) is 4.30. The molecule has 2 aromatic rings. The molecule has 0 spiro atoms. The van der Waals surface area contributed by atoms with Crippen molar-refractivity contribution in [3.8, 4) is 0 Å². The van der Waals surface area contributed by atoms with Crippen molar-refractivity contribution in [3.63, 3.8) is 0 Å². The van der Waals surface area contributed by atoms with Crippen molar-refractivity contribution >= 4 is 32.8 Å². The lowest BCUT2D eigenvalue weighted by Gasteiger charge is -2.19. The zero-order chi connectivity index (χ0) is 14.0. The average Bonchev–Trinajstić information content (AvgIpc) is 2.73. The van der Waals surface area contributed by atoms with Crippen LogP contribution in [0.1, 0.15) is 26.3 Å². The van der Waals surface area contributed by atoms with Gasteiger partial charge in [0.15, 0.2) is 0 Å². The van der Waals surface area contributed by atoms with E-state index in [4.69, 9.17) is 4.74 Å². The summed E-state index contributed by atoms with van der Waals surface area (Å²) in [6, 6.07) is 7.76. The van der Waals surface area contributed by atoms with E-state index in [1.807, 2.05) is 35.0 Å². The van der Waals surface area contributed by atoms with Gasteiger partial charge in [-0.2, -0.15) is 0 Å². The van der Waals surface area contributed by atoms with E-state index >= 15 is 0 Å². The number of hydrogen-bond acceptors (Lipinski definition) is 2. The first-order chi connectivity index (χ1) is 9.04. The molecule has 0 radical (unpaired) electrons. The van der Waals surface area contributed by atoms with E-state index < -0.39 is 0 Å². The molecule has 102 valence electrons. The van der Waals surface area contributed by atoms with Crippen LogP contribution in [0.15, 0.2) is 34.9 Å². The van der Waals surface area contributed by atoms with Gasteiger partial charge in [-0.05, 0) is 34.3 Å². The minimum atomic E-state index is -0.277. The zero-order valence-electron chi connectivity index (χ0n) is 11.4. The molecule has 4 heteroatoms. The van der Waals surface area contributed by atoms with Crippen LogP contribution in [0.5, 0.6) is 0 Å². The number of halogens is 1. The summed E-state index contributed by atoms with van der Waals surface area (Å²) in [6.07, 6.45) is 2.73. The monoisotopic (exact) mass is 323 g/mol. The van der Waals surface area contributed by atoms with Crippen LogP contribution in [0.25, 0.3) is 10.9 Å². The summed E-state index contributed by atoms with van der Waals surface area (Å²) in [5, 5.41) is 1.11. The molecule has 3 nitrogen and oxygen atoms in total. The van der Waals surface area contributed by atoms with Gasteiger partial charge in [-0.3, -0.25) is 0 Å². The van der Waals surface area contributed by atoms with Gasteiger partial charge in [0.25, 0.3) is 0 Å². The van der Waals surface area contributed by atoms with Gasteiger partial charge in [0.1, 0.15) is 6.04 Å². The number of para-hydroxylation sites is 1. The molecule has 1 unspecified atom stereocenters. The van der Waals surface area contributed by atoms with Crippen molar-refractivity contribution in [1.29, 1.82) is 0 Å². The summed E-state index contributed by atoms with van der Waals surface area (Å²) in [5.74, 6) is 0.228. The molecule has 0 saturated carbocycles. The molecule has 0 fully saturated rings. The number of aromatic nitrogens is 1. The number of carbonyl (C=O) groups is 1. The molecule has 2 rings (SSSR count). The maximum absolute atomic E-state index is 12.0. The van der Waals surface area contributed by atoms with Crippen LogP contribution in [-0.2, 0) is 9.53 Å². The van der Waals surface area contributed by atoms with E-state index in [2.05, 4.69) is 29.8 Å². The van der Waals surface area contributed by atoms with Crippen LogP contribution in [0, 0.1) is 5.92 Å². The second kappa shape index (κ2) is 5.78. The van der Waals surface area contributed by atoms with Gasteiger partial charge < -0.3 is 9.30 Å². The van der Waals surface area contributed by atoms with Gasteiger partial charge in [-0.25, -0.2) is 4.79 Å². The maximum atomic E-state index is 12.0. The van der Waals surface area contributed by atoms with Gasteiger partial charge >= 0.3 is 5.97 Å². The molecule has 0 aliphatic rings. The van der Waals surface area contributed by atoms with Gasteiger partial charge in [0.05, 0.1) is 7.11 Å². The highest BCUT2D eigenvalue weighted by molar-refractivity contribution is 9.10. The third-order valence-electron chi connectivity index (χ3n) is 3.20. The van der Waals surface area contributed by atoms with Crippen LogP contribution in [0.2, 0.25) is 0 Å². The Labute approximate surface area is 121 Å². The molecule has 1 atom stereocenters. The van der Waals surface area contributed by atoms with Crippen molar-refractivity contribution < 1.29 is 9.53 Å².